The summed E-state index contributed by atoms with van der Waals surface area (Å²) in [4.78, 5) is 34.2. The third-order valence-electron chi connectivity index (χ3n) is 5.63. The van der Waals surface area contributed by atoms with Crippen molar-refractivity contribution >= 4 is 17.8 Å². The van der Waals surface area contributed by atoms with Gasteiger partial charge in [0.25, 0.3) is 0 Å². The van der Waals surface area contributed by atoms with E-state index in [1.54, 1.807) is 6.07 Å². The molecule has 1 aromatic rings. The van der Waals surface area contributed by atoms with Gasteiger partial charge in [-0.25, -0.2) is 14.8 Å². The standard InChI is InChI=1S/C19H28N4O5/c1-12-9-14(16(26)27-4)21-17(20-12)23-7-5-19(6-8-23)11-18(3,22-13(2)24)15(25)10-28-19/h9,15,25H,5-8,10-11H2,1-4H3,(H,22,24)/t15-,18-/m1/s1. The molecular weight excluding hydrogens is 364 g/mol. The Labute approximate surface area is 164 Å². The van der Waals surface area contributed by atoms with E-state index in [0.717, 1.165) is 0 Å². The summed E-state index contributed by atoms with van der Waals surface area (Å²) in [7, 11) is 1.32. The number of anilines is 1. The number of amides is 1. The Kier molecular flexibility index (Phi) is 5.58. The van der Waals surface area contributed by atoms with Gasteiger partial charge in [-0.1, -0.05) is 0 Å². The van der Waals surface area contributed by atoms with E-state index in [1.807, 2.05) is 18.7 Å². The van der Waals surface area contributed by atoms with Crippen molar-refractivity contribution in [2.75, 3.05) is 31.7 Å². The van der Waals surface area contributed by atoms with Gasteiger partial charge in [0.05, 0.1) is 24.9 Å². The van der Waals surface area contributed by atoms with Crippen molar-refractivity contribution in [3.8, 4) is 0 Å². The Morgan fingerprint density at radius 2 is 2.04 bits per heavy atom. The number of piperidine rings is 1. The van der Waals surface area contributed by atoms with Crippen LogP contribution in [0, 0.1) is 6.92 Å². The van der Waals surface area contributed by atoms with Crippen molar-refractivity contribution in [3.63, 3.8) is 0 Å². The van der Waals surface area contributed by atoms with Gasteiger partial charge < -0.3 is 24.8 Å². The first-order valence-corrected chi connectivity index (χ1v) is 9.46. The van der Waals surface area contributed by atoms with E-state index in [4.69, 9.17) is 9.47 Å². The second-order valence-corrected chi connectivity index (χ2v) is 7.96. The molecule has 2 aliphatic heterocycles. The Morgan fingerprint density at radius 3 is 2.64 bits per heavy atom. The maximum Gasteiger partial charge on any atom is 0.356 e. The zero-order valence-corrected chi connectivity index (χ0v) is 16.8. The number of aryl methyl sites for hydroxylation is 1. The fourth-order valence-corrected chi connectivity index (χ4v) is 4.15. The van der Waals surface area contributed by atoms with E-state index in [2.05, 4.69) is 15.3 Å². The van der Waals surface area contributed by atoms with Crippen molar-refractivity contribution in [1.29, 1.82) is 0 Å². The van der Waals surface area contributed by atoms with Crippen LogP contribution >= 0.6 is 0 Å². The first-order chi connectivity index (χ1) is 13.2. The number of esters is 1. The Bertz CT molecular complexity index is 763. The van der Waals surface area contributed by atoms with Crippen molar-refractivity contribution in [2.24, 2.45) is 0 Å². The molecule has 1 spiro atoms. The Morgan fingerprint density at radius 1 is 1.36 bits per heavy atom. The molecule has 0 saturated carbocycles. The van der Waals surface area contributed by atoms with Gasteiger partial charge >= 0.3 is 5.97 Å². The average Bonchev–Trinajstić information content (AvgIpc) is 2.64. The van der Waals surface area contributed by atoms with Crippen LogP contribution in [0.15, 0.2) is 6.07 Å². The molecular formula is C19H28N4O5. The first kappa shape index (κ1) is 20.5. The first-order valence-electron chi connectivity index (χ1n) is 9.46. The number of carbonyl (C=O) groups excluding carboxylic acids is 2. The third kappa shape index (κ3) is 4.10. The number of rotatable bonds is 3. The predicted molar refractivity (Wildman–Crippen MR) is 101 cm³/mol. The summed E-state index contributed by atoms with van der Waals surface area (Å²) in [5.41, 5.74) is -0.201. The summed E-state index contributed by atoms with van der Waals surface area (Å²) in [6, 6.07) is 1.60. The van der Waals surface area contributed by atoms with Gasteiger partial charge in [-0.2, -0.15) is 0 Å². The van der Waals surface area contributed by atoms with E-state index in [-0.39, 0.29) is 18.2 Å². The van der Waals surface area contributed by atoms with Gasteiger partial charge in [-0.05, 0) is 32.8 Å². The van der Waals surface area contributed by atoms with Gasteiger partial charge in [-0.15, -0.1) is 0 Å². The summed E-state index contributed by atoms with van der Waals surface area (Å²) in [5, 5.41) is 13.2. The lowest BCUT2D eigenvalue weighted by atomic mass is 9.74. The zero-order chi connectivity index (χ0) is 20.5. The molecule has 2 saturated heterocycles. The lowest BCUT2D eigenvalue weighted by molar-refractivity contribution is -0.172. The van der Waals surface area contributed by atoms with Crippen LogP contribution in [0.4, 0.5) is 5.95 Å². The molecule has 3 heterocycles. The second-order valence-electron chi connectivity index (χ2n) is 7.96. The van der Waals surface area contributed by atoms with Crippen molar-refractivity contribution in [2.45, 2.75) is 57.3 Å². The maximum absolute atomic E-state index is 11.8. The largest absolute Gasteiger partial charge is 0.464 e. The van der Waals surface area contributed by atoms with E-state index < -0.39 is 23.2 Å². The summed E-state index contributed by atoms with van der Waals surface area (Å²) in [6.07, 6.45) is 1.21. The predicted octanol–water partition coefficient (Wildman–Crippen LogP) is 0.587. The minimum atomic E-state index is -0.747. The average molecular weight is 392 g/mol. The van der Waals surface area contributed by atoms with Crippen molar-refractivity contribution < 1.29 is 24.2 Å². The molecule has 9 heteroatoms. The highest BCUT2D eigenvalue weighted by molar-refractivity contribution is 5.87. The van der Waals surface area contributed by atoms with Crippen LogP contribution < -0.4 is 10.2 Å². The molecule has 0 unspecified atom stereocenters. The Hall–Kier alpha value is -2.26. The summed E-state index contributed by atoms with van der Waals surface area (Å²) >= 11 is 0. The van der Waals surface area contributed by atoms with Crippen LogP contribution in [-0.4, -0.2) is 71.0 Å². The number of aromatic nitrogens is 2. The van der Waals surface area contributed by atoms with E-state index in [1.165, 1.54) is 14.0 Å². The second kappa shape index (κ2) is 7.63. The minimum absolute atomic E-state index is 0.167. The number of nitrogens with zero attached hydrogens (tertiary/aromatic N) is 3. The smallest absolute Gasteiger partial charge is 0.356 e. The zero-order valence-electron chi connectivity index (χ0n) is 16.8. The van der Waals surface area contributed by atoms with Gasteiger partial charge in [-0.3, -0.25) is 4.79 Å². The van der Waals surface area contributed by atoms with Gasteiger partial charge in [0.15, 0.2) is 5.69 Å². The third-order valence-corrected chi connectivity index (χ3v) is 5.63. The summed E-state index contributed by atoms with van der Waals surface area (Å²) in [5.74, 6) is -0.161. The van der Waals surface area contributed by atoms with Crippen LogP contribution in [-0.2, 0) is 14.3 Å². The molecule has 2 N–H and O–H groups in total. The number of nitrogens with one attached hydrogen (secondary N) is 1. The van der Waals surface area contributed by atoms with Gasteiger partial charge in [0.1, 0.15) is 6.10 Å². The molecule has 2 fully saturated rings. The van der Waals surface area contributed by atoms with Gasteiger partial charge in [0.2, 0.25) is 11.9 Å². The van der Waals surface area contributed by atoms with E-state index in [0.29, 0.717) is 44.0 Å². The highest BCUT2D eigenvalue weighted by Crippen LogP contribution is 2.40. The maximum atomic E-state index is 11.8. The molecule has 9 nitrogen and oxygen atoms in total. The molecule has 0 aromatic carbocycles. The van der Waals surface area contributed by atoms with Gasteiger partial charge in [0, 0.05) is 32.1 Å². The summed E-state index contributed by atoms with van der Waals surface area (Å²) in [6.45, 7) is 6.61. The molecule has 2 aliphatic rings. The quantitative estimate of drug-likeness (QED) is 0.719. The number of carbonyl (C=O) groups is 2. The lowest BCUT2D eigenvalue weighted by Crippen LogP contribution is -2.65. The normalized spacial score (nSPS) is 26.8. The number of aliphatic hydroxyl groups is 1. The topological polar surface area (TPSA) is 114 Å². The highest BCUT2D eigenvalue weighted by atomic mass is 16.5. The number of ether oxygens (including phenoxy) is 2. The van der Waals surface area contributed by atoms with E-state index in [9.17, 15) is 14.7 Å². The number of aliphatic hydroxyl groups excluding tert-OH is 1. The monoisotopic (exact) mass is 392 g/mol. The molecule has 154 valence electrons. The number of hydrogen-bond acceptors (Lipinski definition) is 8. The molecule has 0 radical (unpaired) electrons. The van der Waals surface area contributed by atoms with E-state index >= 15 is 0 Å². The van der Waals surface area contributed by atoms with Crippen LogP contribution in [0.1, 0.15) is 49.3 Å². The van der Waals surface area contributed by atoms with Crippen LogP contribution in [0.5, 0.6) is 0 Å². The lowest BCUT2D eigenvalue weighted by Gasteiger charge is -2.51. The molecule has 1 aromatic heterocycles. The number of hydrogen-bond donors (Lipinski definition) is 2. The Balaban J connectivity index is 1.73. The number of methoxy groups -OCH3 is 1. The van der Waals surface area contributed by atoms with Crippen molar-refractivity contribution in [1.82, 2.24) is 15.3 Å². The fraction of sp³-hybridized carbons (Fsp3) is 0.684. The molecule has 1 amide bonds. The van der Waals surface area contributed by atoms with Crippen LogP contribution in [0.2, 0.25) is 0 Å². The van der Waals surface area contributed by atoms with Crippen LogP contribution in [0.25, 0.3) is 0 Å². The molecule has 28 heavy (non-hydrogen) atoms. The molecule has 3 rings (SSSR count). The van der Waals surface area contributed by atoms with Crippen molar-refractivity contribution in [3.05, 3.63) is 17.5 Å². The summed E-state index contributed by atoms with van der Waals surface area (Å²) < 4.78 is 10.8. The fourth-order valence-electron chi connectivity index (χ4n) is 4.15. The van der Waals surface area contributed by atoms with Crippen LogP contribution in [0.3, 0.4) is 0 Å². The molecule has 0 bridgehead atoms. The minimum Gasteiger partial charge on any atom is -0.464 e. The molecule has 0 aliphatic carbocycles. The highest BCUT2D eigenvalue weighted by Gasteiger charge is 2.50. The molecule has 2 atom stereocenters. The SMILES string of the molecule is COC(=O)c1cc(C)nc(N2CCC3(CC2)C[C@@](C)(NC(C)=O)[C@H](O)CO3)n1.